The van der Waals surface area contributed by atoms with Gasteiger partial charge in [-0.3, -0.25) is 14.6 Å². The van der Waals surface area contributed by atoms with Crippen LogP contribution in [-0.2, 0) is 22.1 Å². The maximum absolute atomic E-state index is 13.1. The first kappa shape index (κ1) is 20.9. The fraction of sp³-hybridized carbons (Fsp3) is 0.250. The van der Waals surface area contributed by atoms with Gasteiger partial charge in [0.1, 0.15) is 4.75 Å². The van der Waals surface area contributed by atoms with Crippen LogP contribution < -0.4 is 11.1 Å². The molecule has 0 aromatic heterocycles. The van der Waals surface area contributed by atoms with Crippen molar-refractivity contribution >= 4 is 28.7 Å². The van der Waals surface area contributed by atoms with E-state index in [1.54, 1.807) is 37.3 Å². The summed E-state index contributed by atoms with van der Waals surface area (Å²) in [5, 5.41) is 3.02. The number of amidine groups is 1. The zero-order chi connectivity index (χ0) is 21.2. The van der Waals surface area contributed by atoms with Gasteiger partial charge in [0.05, 0.1) is 5.56 Å². The Kier molecular flexibility index (Phi) is 5.70. The van der Waals surface area contributed by atoms with Crippen molar-refractivity contribution in [1.29, 1.82) is 0 Å². The second kappa shape index (κ2) is 7.90. The molecule has 0 bridgehead atoms. The van der Waals surface area contributed by atoms with Crippen molar-refractivity contribution < 1.29 is 22.8 Å². The third-order valence-corrected chi connectivity index (χ3v) is 5.89. The quantitative estimate of drug-likeness (QED) is 0.775. The number of carbonyl (C=O) groups excluding carboxylic acids is 2. The number of aliphatic imine (C=N–C) groups is 1. The van der Waals surface area contributed by atoms with Crippen LogP contribution in [0.1, 0.15) is 34.0 Å². The van der Waals surface area contributed by atoms with Crippen molar-refractivity contribution in [3.63, 3.8) is 0 Å². The molecule has 0 aliphatic carbocycles. The first-order chi connectivity index (χ1) is 13.6. The van der Waals surface area contributed by atoms with E-state index in [0.717, 1.165) is 6.07 Å². The Morgan fingerprint density at radius 3 is 2.45 bits per heavy atom. The molecule has 1 aliphatic heterocycles. The number of nitrogens with one attached hydrogen (secondary N) is 1. The number of nitrogens with two attached hydrogens (primary N) is 1. The van der Waals surface area contributed by atoms with Gasteiger partial charge in [0.15, 0.2) is 5.17 Å². The SMILES string of the molecule is CC1(c2ccc(C(N)=O)cc2)SC(=NCCc2ccccc2C(F)(F)F)NC1=O. The predicted octanol–water partition coefficient (Wildman–Crippen LogP) is 3.48. The lowest BCUT2D eigenvalue weighted by Crippen LogP contribution is -2.31. The summed E-state index contributed by atoms with van der Waals surface area (Å²) >= 11 is 1.18. The highest BCUT2D eigenvalue weighted by Crippen LogP contribution is 2.41. The molecule has 0 saturated carbocycles. The summed E-state index contributed by atoms with van der Waals surface area (Å²) in [6, 6.07) is 11.7. The molecular formula is C20H18F3N3O2S. The molecule has 9 heteroatoms. The molecule has 152 valence electrons. The Morgan fingerprint density at radius 2 is 1.83 bits per heavy atom. The fourth-order valence-electron chi connectivity index (χ4n) is 2.99. The zero-order valence-electron chi connectivity index (χ0n) is 15.4. The van der Waals surface area contributed by atoms with E-state index >= 15 is 0 Å². The molecule has 1 heterocycles. The van der Waals surface area contributed by atoms with Crippen LogP contribution in [0.2, 0.25) is 0 Å². The Hall–Kier alpha value is -2.81. The van der Waals surface area contributed by atoms with Crippen LogP contribution in [0.25, 0.3) is 0 Å². The van der Waals surface area contributed by atoms with Crippen LogP contribution in [0.15, 0.2) is 53.5 Å². The third kappa shape index (κ3) is 4.45. The summed E-state index contributed by atoms with van der Waals surface area (Å²) in [6.07, 6.45) is -4.32. The van der Waals surface area contributed by atoms with E-state index < -0.39 is 22.4 Å². The first-order valence-corrected chi connectivity index (χ1v) is 9.53. The third-order valence-electron chi connectivity index (χ3n) is 4.63. The van der Waals surface area contributed by atoms with Gasteiger partial charge in [-0.15, -0.1) is 0 Å². The van der Waals surface area contributed by atoms with E-state index in [-0.39, 0.29) is 24.4 Å². The molecule has 1 saturated heterocycles. The molecule has 3 N–H and O–H groups in total. The van der Waals surface area contributed by atoms with Crippen LogP contribution in [0.3, 0.4) is 0 Å². The normalized spacial score (nSPS) is 20.7. The lowest BCUT2D eigenvalue weighted by Gasteiger charge is -2.19. The maximum atomic E-state index is 13.1. The average Bonchev–Trinajstić information content (AvgIpc) is 2.96. The van der Waals surface area contributed by atoms with Gasteiger partial charge in [-0.1, -0.05) is 42.1 Å². The maximum Gasteiger partial charge on any atom is 0.416 e. The molecular weight excluding hydrogens is 403 g/mol. The smallest absolute Gasteiger partial charge is 0.366 e. The van der Waals surface area contributed by atoms with Crippen molar-refractivity contribution in [3.8, 4) is 0 Å². The van der Waals surface area contributed by atoms with Crippen molar-refractivity contribution in [2.75, 3.05) is 6.54 Å². The van der Waals surface area contributed by atoms with Crippen LogP contribution in [-0.4, -0.2) is 23.5 Å². The number of rotatable bonds is 5. The van der Waals surface area contributed by atoms with Gasteiger partial charge in [0.25, 0.3) is 0 Å². The average molecular weight is 421 g/mol. The summed E-state index contributed by atoms with van der Waals surface area (Å²) in [7, 11) is 0. The van der Waals surface area contributed by atoms with E-state index in [9.17, 15) is 22.8 Å². The number of carbonyl (C=O) groups is 2. The number of alkyl halides is 3. The molecule has 2 amide bonds. The summed E-state index contributed by atoms with van der Waals surface area (Å²) in [6.45, 7) is 1.82. The number of halogens is 3. The number of thioether (sulfide) groups is 1. The van der Waals surface area contributed by atoms with E-state index in [0.29, 0.717) is 16.3 Å². The van der Waals surface area contributed by atoms with Gasteiger partial charge in [-0.05, 0) is 42.7 Å². The Balaban J connectivity index is 1.72. The van der Waals surface area contributed by atoms with Gasteiger partial charge < -0.3 is 11.1 Å². The first-order valence-electron chi connectivity index (χ1n) is 8.71. The van der Waals surface area contributed by atoms with E-state index in [2.05, 4.69) is 10.3 Å². The topological polar surface area (TPSA) is 84.6 Å². The molecule has 1 unspecified atom stereocenters. The van der Waals surface area contributed by atoms with Crippen molar-refractivity contribution in [1.82, 2.24) is 5.32 Å². The Labute approximate surface area is 169 Å². The minimum atomic E-state index is -4.42. The lowest BCUT2D eigenvalue weighted by atomic mass is 9.98. The molecule has 3 rings (SSSR count). The van der Waals surface area contributed by atoms with Gasteiger partial charge in [-0.2, -0.15) is 13.2 Å². The van der Waals surface area contributed by atoms with E-state index in [1.807, 2.05) is 0 Å². The van der Waals surface area contributed by atoms with Crippen molar-refractivity contribution in [3.05, 3.63) is 70.8 Å². The standard InChI is InChI=1S/C20H18F3N3O2S/c1-19(14-8-6-13(7-9-14)16(24)27)17(28)26-18(29-19)25-11-10-12-4-2-3-5-15(12)20(21,22)23/h2-9H,10-11H2,1H3,(H2,24,27)(H,25,26,28). The molecule has 0 radical (unpaired) electrons. The van der Waals surface area contributed by atoms with Crippen molar-refractivity contribution in [2.24, 2.45) is 10.7 Å². The van der Waals surface area contributed by atoms with Gasteiger partial charge in [0.2, 0.25) is 11.8 Å². The predicted molar refractivity (Wildman–Crippen MR) is 105 cm³/mol. The van der Waals surface area contributed by atoms with Crippen molar-refractivity contribution in [2.45, 2.75) is 24.3 Å². The molecule has 1 atom stereocenters. The highest BCUT2D eigenvalue weighted by molar-refractivity contribution is 8.15. The van der Waals surface area contributed by atoms with Gasteiger partial charge in [0, 0.05) is 12.1 Å². The van der Waals surface area contributed by atoms with E-state index in [4.69, 9.17) is 5.73 Å². The largest absolute Gasteiger partial charge is 0.416 e. The molecule has 1 aliphatic rings. The summed E-state index contributed by atoms with van der Waals surface area (Å²) in [5.41, 5.74) is 5.70. The summed E-state index contributed by atoms with van der Waals surface area (Å²) in [4.78, 5) is 28.0. The summed E-state index contributed by atoms with van der Waals surface area (Å²) in [5.74, 6) is -0.851. The number of primary amides is 1. The summed E-state index contributed by atoms with van der Waals surface area (Å²) < 4.78 is 38.2. The molecule has 1 fully saturated rings. The highest BCUT2D eigenvalue weighted by Gasteiger charge is 2.44. The number of hydrogen-bond donors (Lipinski definition) is 2. The van der Waals surface area contributed by atoms with Gasteiger partial charge >= 0.3 is 6.18 Å². The van der Waals surface area contributed by atoms with E-state index in [1.165, 1.54) is 23.9 Å². The highest BCUT2D eigenvalue weighted by atomic mass is 32.2. The number of benzene rings is 2. The monoisotopic (exact) mass is 421 g/mol. The van der Waals surface area contributed by atoms with Crippen LogP contribution >= 0.6 is 11.8 Å². The second-order valence-electron chi connectivity index (χ2n) is 6.62. The number of nitrogens with zero attached hydrogens (tertiary/aromatic N) is 1. The van der Waals surface area contributed by atoms with Crippen LogP contribution in [0.4, 0.5) is 13.2 Å². The molecule has 29 heavy (non-hydrogen) atoms. The Bertz CT molecular complexity index is 974. The lowest BCUT2D eigenvalue weighted by molar-refractivity contribution is -0.138. The fourth-order valence-corrected chi connectivity index (χ4v) is 4.07. The minimum absolute atomic E-state index is 0.0969. The molecule has 2 aromatic rings. The zero-order valence-corrected chi connectivity index (χ0v) is 16.2. The number of hydrogen-bond acceptors (Lipinski definition) is 4. The van der Waals surface area contributed by atoms with Crippen LogP contribution in [0.5, 0.6) is 0 Å². The van der Waals surface area contributed by atoms with Crippen LogP contribution in [0, 0.1) is 0 Å². The molecule has 0 spiro atoms. The second-order valence-corrected chi connectivity index (χ2v) is 8.03. The molecule has 5 nitrogen and oxygen atoms in total. The molecule has 2 aromatic carbocycles. The van der Waals surface area contributed by atoms with Gasteiger partial charge in [-0.25, -0.2) is 0 Å². The Morgan fingerprint density at radius 1 is 1.17 bits per heavy atom. The number of amides is 2. The minimum Gasteiger partial charge on any atom is -0.366 e.